The van der Waals surface area contributed by atoms with E-state index < -0.39 is 5.79 Å². The van der Waals surface area contributed by atoms with E-state index >= 15 is 0 Å². The fraction of sp³-hybridized carbons (Fsp3) is 0.900. The molecule has 4 heteroatoms. The van der Waals surface area contributed by atoms with Crippen molar-refractivity contribution in [2.45, 2.75) is 45.5 Å². The predicted molar refractivity (Wildman–Crippen MR) is 50.8 cm³/mol. The van der Waals surface area contributed by atoms with E-state index in [2.05, 4.69) is 0 Å². The van der Waals surface area contributed by atoms with Gasteiger partial charge in [0.05, 0.1) is 25.7 Å². The van der Waals surface area contributed by atoms with Crippen LogP contribution < -0.4 is 0 Å². The molecule has 0 aromatic heterocycles. The van der Waals surface area contributed by atoms with Gasteiger partial charge >= 0.3 is 5.97 Å². The third-order valence-electron chi connectivity index (χ3n) is 2.15. The molecular weight excluding hydrogens is 184 g/mol. The van der Waals surface area contributed by atoms with E-state index in [0.717, 1.165) is 6.42 Å². The number of ether oxygens (including phenoxy) is 3. The van der Waals surface area contributed by atoms with Crippen LogP contribution in [0.4, 0.5) is 0 Å². The summed E-state index contributed by atoms with van der Waals surface area (Å²) in [7, 11) is 0. The molecule has 1 rings (SSSR count). The first kappa shape index (κ1) is 11.5. The van der Waals surface area contributed by atoms with Crippen molar-refractivity contribution in [3.8, 4) is 0 Å². The number of carbonyl (C=O) groups is 1. The Kier molecular flexibility index (Phi) is 3.89. The molecule has 0 bridgehead atoms. The van der Waals surface area contributed by atoms with Gasteiger partial charge in [0.2, 0.25) is 0 Å². The Morgan fingerprint density at radius 2 is 2.36 bits per heavy atom. The summed E-state index contributed by atoms with van der Waals surface area (Å²) >= 11 is 0. The number of hydrogen-bond acceptors (Lipinski definition) is 4. The number of esters is 1. The maximum absolute atomic E-state index is 11.2. The van der Waals surface area contributed by atoms with Crippen LogP contribution in [0.2, 0.25) is 0 Å². The highest BCUT2D eigenvalue weighted by Gasteiger charge is 2.35. The number of hydrogen-bond donors (Lipinski definition) is 0. The molecule has 0 aromatic carbocycles. The Labute approximate surface area is 84.5 Å². The minimum absolute atomic E-state index is 0.142. The van der Waals surface area contributed by atoms with Crippen molar-refractivity contribution >= 4 is 5.97 Å². The zero-order chi connectivity index (χ0) is 10.6. The summed E-state index contributed by atoms with van der Waals surface area (Å²) in [5.41, 5.74) is 0. The molecule has 1 saturated heterocycles. The lowest BCUT2D eigenvalue weighted by atomic mass is 10.1. The zero-order valence-electron chi connectivity index (χ0n) is 9.04. The third kappa shape index (κ3) is 3.27. The van der Waals surface area contributed by atoms with Crippen LogP contribution in [0.3, 0.4) is 0 Å². The molecule has 0 aliphatic carbocycles. The second-order valence-corrected chi connectivity index (χ2v) is 3.68. The van der Waals surface area contributed by atoms with E-state index in [9.17, 15) is 4.79 Å². The fourth-order valence-electron chi connectivity index (χ4n) is 1.53. The average Bonchev–Trinajstić information content (AvgIpc) is 2.02. The van der Waals surface area contributed by atoms with Gasteiger partial charge in [-0.3, -0.25) is 4.79 Å². The highest BCUT2D eigenvalue weighted by Crippen LogP contribution is 2.26. The predicted octanol–water partition coefficient (Wildman–Crippen LogP) is 1.48. The molecule has 82 valence electrons. The molecule has 1 heterocycles. The van der Waals surface area contributed by atoms with Crippen LogP contribution in [0.25, 0.3) is 0 Å². The maximum Gasteiger partial charge on any atom is 0.311 e. The van der Waals surface area contributed by atoms with Gasteiger partial charge in [0, 0.05) is 0 Å². The monoisotopic (exact) mass is 202 g/mol. The molecule has 0 unspecified atom stereocenters. The molecule has 4 nitrogen and oxygen atoms in total. The lowest BCUT2D eigenvalue weighted by Gasteiger charge is -2.36. The van der Waals surface area contributed by atoms with E-state index in [4.69, 9.17) is 14.2 Å². The zero-order valence-corrected chi connectivity index (χ0v) is 9.04. The van der Waals surface area contributed by atoms with Gasteiger partial charge in [-0.05, 0) is 27.2 Å². The molecule has 2 atom stereocenters. The summed E-state index contributed by atoms with van der Waals surface area (Å²) in [6.45, 7) is 6.57. The SMILES string of the molecule is CCOC(=O)C[C@@]1(C)OCC[C@@H](C)O1. The first-order valence-corrected chi connectivity index (χ1v) is 5.03. The van der Waals surface area contributed by atoms with Gasteiger partial charge in [-0.2, -0.15) is 0 Å². The van der Waals surface area contributed by atoms with Crippen molar-refractivity contribution in [1.82, 2.24) is 0 Å². The average molecular weight is 202 g/mol. The highest BCUT2D eigenvalue weighted by molar-refractivity contribution is 5.70. The van der Waals surface area contributed by atoms with Gasteiger partial charge in [0.15, 0.2) is 5.79 Å². The van der Waals surface area contributed by atoms with Crippen LogP contribution in [0, 0.1) is 0 Å². The molecule has 0 radical (unpaired) electrons. The van der Waals surface area contributed by atoms with E-state index in [1.54, 1.807) is 13.8 Å². The summed E-state index contributed by atoms with van der Waals surface area (Å²) in [4.78, 5) is 11.2. The molecule has 1 aliphatic heterocycles. The van der Waals surface area contributed by atoms with E-state index in [1.807, 2.05) is 6.92 Å². The molecule has 0 saturated carbocycles. The Balaban J connectivity index is 2.43. The second kappa shape index (κ2) is 4.75. The number of carbonyl (C=O) groups excluding carboxylic acids is 1. The topological polar surface area (TPSA) is 44.8 Å². The van der Waals surface area contributed by atoms with Crippen LogP contribution in [0.1, 0.15) is 33.6 Å². The molecule has 0 N–H and O–H groups in total. The largest absolute Gasteiger partial charge is 0.466 e. The van der Waals surface area contributed by atoms with Gasteiger partial charge in [-0.25, -0.2) is 0 Å². The highest BCUT2D eigenvalue weighted by atomic mass is 16.7. The standard InChI is InChI=1S/C10H18O4/c1-4-12-9(11)7-10(3)13-6-5-8(2)14-10/h8H,4-7H2,1-3H3/t8-,10+/m1/s1. The summed E-state index contributed by atoms with van der Waals surface area (Å²) in [5, 5.41) is 0. The van der Waals surface area contributed by atoms with Gasteiger partial charge < -0.3 is 14.2 Å². The minimum atomic E-state index is -0.802. The van der Waals surface area contributed by atoms with Gasteiger partial charge in [0.25, 0.3) is 0 Å². The molecule has 14 heavy (non-hydrogen) atoms. The second-order valence-electron chi connectivity index (χ2n) is 3.68. The molecule has 1 fully saturated rings. The van der Waals surface area contributed by atoms with Gasteiger partial charge in [0.1, 0.15) is 0 Å². The van der Waals surface area contributed by atoms with Crippen LogP contribution in [0.15, 0.2) is 0 Å². The minimum Gasteiger partial charge on any atom is -0.466 e. The van der Waals surface area contributed by atoms with Crippen molar-refractivity contribution in [1.29, 1.82) is 0 Å². The van der Waals surface area contributed by atoms with Crippen LogP contribution >= 0.6 is 0 Å². The Hall–Kier alpha value is -0.610. The van der Waals surface area contributed by atoms with Crippen molar-refractivity contribution in [3.05, 3.63) is 0 Å². The third-order valence-corrected chi connectivity index (χ3v) is 2.15. The Bertz CT molecular complexity index is 204. The molecular formula is C10H18O4. The lowest BCUT2D eigenvalue weighted by molar-refractivity contribution is -0.281. The fourth-order valence-corrected chi connectivity index (χ4v) is 1.53. The van der Waals surface area contributed by atoms with Crippen molar-refractivity contribution in [3.63, 3.8) is 0 Å². The van der Waals surface area contributed by atoms with Gasteiger partial charge in [-0.1, -0.05) is 0 Å². The first-order valence-electron chi connectivity index (χ1n) is 5.03. The van der Waals surface area contributed by atoms with E-state index in [-0.39, 0.29) is 18.5 Å². The Morgan fingerprint density at radius 1 is 1.64 bits per heavy atom. The summed E-state index contributed by atoms with van der Waals surface area (Å²) in [6, 6.07) is 0. The molecule has 0 amide bonds. The lowest BCUT2D eigenvalue weighted by Crippen LogP contribution is -2.43. The normalized spacial score (nSPS) is 32.6. The quantitative estimate of drug-likeness (QED) is 0.650. The van der Waals surface area contributed by atoms with Gasteiger partial charge in [-0.15, -0.1) is 0 Å². The Morgan fingerprint density at radius 3 is 2.93 bits per heavy atom. The number of rotatable bonds is 3. The van der Waals surface area contributed by atoms with Crippen LogP contribution in [0.5, 0.6) is 0 Å². The summed E-state index contributed by atoms with van der Waals surface area (Å²) in [6.07, 6.45) is 1.17. The van der Waals surface area contributed by atoms with Crippen LogP contribution in [-0.2, 0) is 19.0 Å². The first-order chi connectivity index (χ1) is 6.56. The summed E-state index contributed by atoms with van der Waals surface area (Å²) < 4.78 is 15.8. The smallest absolute Gasteiger partial charge is 0.311 e. The molecule has 0 aromatic rings. The van der Waals surface area contributed by atoms with Crippen molar-refractivity contribution in [2.75, 3.05) is 13.2 Å². The maximum atomic E-state index is 11.2. The van der Waals surface area contributed by atoms with Crippen LogP contribution in [-0.4, -0.2) is 31.1 Å². The summed E-state index contributed by atoms with van der Waals surface area (Å²) in [5.74, 6) is -1.08. The van der Waals surface area contributed by atoms with Crippen molar-refractivity contribution in [2.24, 2.45) is 0 Å². The van der Waals surface area contributed by atoms with E-state index in [0.29, 0.717) is 13.2 Å². The molecule has 1 aliphatic rings. The van der Waals surface area contributed by atoms with E-state index in [1.165, 1.54) is 0 Å². The molecule has 0 spiro atoms. The van der Waals surface area contributed by atoms with Crippen molar-refractivity contribution < 1.29 is 19.0 Å².